The van der Waals surface area contributed by atoms with Crippen LogP contribution in [-0.4, -0.2) is 16.3 Å². The molecule has 0 aliphatic heterocycles. The standard InChI is InChI=1S/C14H17BrClN3/c1-10(13-4-3-12(15)7-14(13)16)17-6-5-11-8-18-19(2)9-11/h3-4,7-10,17H,5-6H2,1-2H3. The van der Waals surface area contributed by atoms with Crippen molar-refractivity contribution in [2.45, 2.75) is 19.4 Å². The molecule has 5 heteroatoms. The monoisotopic (exact) mass is 341 g/mol. The number of rotatable bonds is 5. The second-order valence-corrected chi connectivity index (χ2v) is 5.94. The normalized spacial score (nSPS) is 12.6. The molecule has 0 fully saturated rings. The third kappa shape index (κ3) is 4.06. The Hall–Kier alpha value is -0.840. The van der Waals surface area contributed by atoms with Crippen LogP contribution in [-0.2, 0) is 13.5 Å². The molecular weight excluding hydrogens is 326 g/mol. The molecule has 1 aromatic carbocycles. The van der Waals surface area contributed by atoms with Gasteiger partial charge in [0.15, 0.2) is 0 Å². The molecule has 0 amide bonds. The Bertz CT molecular complexity index is 553. The number of benzene rings is 1. The van der Waals surface area contributed by atoms with Crippen LogP contribution in [0.15, 0.2) is 35.1 Å². The first-order valence-corrected chi connectivity index (χ1v) is 7.39. The van der Waals surface area contributed by atoms with Crippen molar-refractivity contribution in [3.63, 3.8) is 0 Å². The van der Waals surface area contributed by atoms with Crippen LogP contribution in [0.5, 0.6) is 0 Å². The summed E-state index contributed by atoms with van der Waals surface area (Å²) in [5, 5.41) is 8.43. The average Bonchev–Trinajstić information content (AvgIpc) is 2.75. The van der Waals surface area contributed by atoms with E-state index in [-0.39, 0.29) is 6.04 Å². The molecule has 1 N–H and O–H groups in total. The lowest BCUT2D eigenvalue weighted by Gasteiger charge is -2.15. The smallest absolute Gasteiger partial charge is 0.0522 e. The molecular formula is C14H17BrClN3. The Balaban J connectivity index is 1.88. The fraction of sp³-hybridized carbons (Fsp3) is 0.357. The van der Waals surface area contributed by atoms with Gasteiger partial charge in [0.05, 0.1) is 6.20 Å². The SMILES string of the molecule is CC(NCCc1cnn(C)c1)c1ccc(Br)cc1Cl. The van der Waals surface area contributed by atoms with E-state index in [9.17, 15) is 0 Å². The Labute approximate surface area is 127 Å². The fourth-order valence-electron chi connectivity index (χ4n) is 2.00. The minimum absolute atomic E-state index is 0.234. The van der Waals surface area contributed by atoms with E-state index in [1.165, 1.54) is 5.56 Å². The Kier molecular flexibility index (Phi) is 5.02. The van der Waals surface area contributed by atoms with Crippen molar-refractivity contribution >= 4 is 27.5 Å². The summed E-state index contributed by atoms with van der Waals surface area (Å²) in [6, 6.07) is 6.22. The van der Waals surface area contributed by atoms with Crippen LogP contribution >= 0.6 is 27.5 Å². The number of nitrogens with one attached hydrogen (secondary N) is 1. The first kappa shape index (κ1) is 14.6. The van der Waals surface area contributed by atoms with E-state index in [4.69, 9.17) is 11.6 Å². The van der Waals surface area contributed by atoms with Gasteiger partial charge in [-0.1, -0.05) is 33.6 Å². The van der Waals surface area contributed by atoms with Crippen LogP contribution in [0.3, 0.4) is 0 Å². The minimum Gasteiger partial charge on any atom is -0.310 e. The zero-order valence-corrected chi connectivity index (χ0v) is 13.4. The summed E-state index contributed by atoms with van der Waals surface area (Å²) in [6.45, 7) is 3.03. The third-order valence-electron chi connectivity index (χ3n) is 3.05. The molecule has 0 saturated heterocycles. The van der Waals surface area contributed by atoms with E-state index in [0.29, 0.717) is 0 Å². The molecule has 1 unspecified atom stereocenters. The van der Waals surface area contributed by atoms with E-state index >= 15 is 0 Å². The highest BCUT2D eigenvalue weighted by Crippen LogP contribution is 2.26. The number of hydrogen-bond donors (Lipinski definition) is 1. The van der Waals surface area contributed by atoms with Crippen molar-refractivity contribution in [3.8, 4) is 0 Å². The van der Waals surface area contributed by atoms with E-state index in [0.717, 1.165) is 28.0 Å². The number of halogens is 2. The van der Waals surface area contributed by atoms with Gasteiger partial charge in [-0.2, -0.15) is 5.10 Å². The third-order valence-corrected chi connectivity index (χ3v) is 3.87. The Morgan fingerprint density at radius 2 is 2.26 bits per heavy atom. The summed E-state index contributed by atoms with van der Waals surface area (Å²) in [7, 11) is 1.93. The zero-order chi connectivity index (χ0) is 13.8. The molecule has 0 saturated carbocycles. The largest absolute Gasteiger partial charge is 0.310 e. The van der Waals surface area contributed by atoms with E-state index in [2.05, 4.69) is 33.3 Å². The van der Waals surface area contributed by atoms with Gasteiger partial charge in [0.2, 0.25) is 0 Å². The van der Waals surface area contributed by atoms with Gasteiger partial charge in [-0.3, -0.25) is 4.68 Å². The maximum absolute atomic E-state index is 6.24. The first-order chi connectivity index (χ1) is 9.06. The van der Waals surface area contributed by atoms with Crippen molar-refractivity contribution < 1.29 is 0 Å². The molecule has 3 nitrogen and oxygen atoms in total. The average molecular weight is 343 g/mol. The molecule has 2 rings (SSSR count). The summed E-state index contributed by atoms with van der Waals surface area (Å²) in [5.41, 5.74) is 2.36. The lowest BCUT2D eigenvalue weighted by molar-refractivity contribution is 0.577. The topological polar surface area (TPSA) is 29.9 Å². The molecule has 1 atom stereocenters. The maximum Gasteiger partial charge on any atom is 0.0522 e. The second-order valence-electron chi connectivity index (χ2n) is 4.61. The number of nitrogens with zero attached hydrogens (tertiary/aromatic N) is 2. The van der Waals surface area contributed by atoms with Gasteiger partial charge in [0, 0.05) is 28.8 Å². The first-order valence-electron chi connectivity index (χ1n) is 6.22. The quantitative estimate of drug-likeness (QED) is 0.897. The summed E-state index contributed by atoms with van der Waals surface area (Å²) < 4.78 is 2.83. The van der Waals surface area contributed by atoms with Crippen LogP contribution in [0.4, 0.5) is 0 Å². The molecule has 0 aliphatic rings. The molecule has 102 valence electrons. The minimum atomic E-state index is 0.234. The molecule has 1 aromatic heterocycles. The fourth-order valence-corrected chi connectivity index (χ4v) is 2.83. The van der Waals surface area contributed by atoms with Crippen LogP contribution in [0.2, 0.25) is 5.02 Å². The number of aromatic nitrogens is 2. The highest BCUT2D eigenvalue weighted by atomic mass is 79.9. The predicted molar refractivity (Wildman–Crippen MR) is 82.5 cm³/mol. The van der Waals surface area contributed by atoms with Crippen molar-refractivity contribution in [1.82, 2.24) is 15.1 Å². The van der Waals surface area contributed by atoms with Crippen molar-refractivity contribution in [1.29, 1.82) is 0 Å². The summed E-state index contributed by atoms with van der Waals surface area (Å²) in [4.78, 5) is 0. The maximum atomic E-state index is 6.24. The van der Waals surface area contributed by atoms with Gasteiger partial charge < -0.3 is 5.32 Å². The highest BCUT2D eigenvalue weighted by molar-refractivity contribution is 9.10. The summed E-state index contributed by atoms with van der Waals surface area (Å²) in [6.07, 6.45) is 4.91. The van der Waals surface area contributed by atoms with Crippen molar-refractivity contribution in [2.24, 2.45) is 7.05 Å². The zero-order valence-electron chi connectivity index (χ0n) is 11.0. The molecule has 19 heavy (non-hydrogen) atoms. The lowest BCUT2D eigenvalue weighted by Crippen LogP contribution is -2.21. The van der Waals surface area contributed by atoms with Gasteiger partial charge in [-0.15, -0.1) is 0 Å². The van der Waals surface area contributed by atoms with Crippen LogP contribution in [0.25, 0.3) is 0 Å². The molecule has 0 radical (unpaired) electrons. The Morgan fingerprint density at radius 1 is 1.47 bits per heavy atom. The van der Waals surface area contributed by atoms with Gasteiger partial charge in [-0.25, -0.2) is 0 Å². The predicted octanol–water partition coefficient (Wildman–Crippen LogP) is 3.73. The summed E-state index contributed by atoms with van der Waals surface area (Å²) in [5.74, 6) is 0. The van der Waals surface area contributed by atoms with Crippen molar-refractivity contribution in [2.75, 3.05) is 6.54 Å². The van der Waals surface area contributed by atoms with Gasteiger partial charge in [0.1, 0.15) is 0 Å². The highest BCUT2D eigenvalue weighted by Gasteiger charge is 2.09. The second kappa shape index (κ2) is 6.55. The van der Waals surface area contributed by atoms with Gasteiger partial charge >= 0.3 is 0 Å². The van der Waals surface area contributed by atoms with Gasteiger partial charge in [-0.05, 0) is 43.1 Å². The molecule has 0 aliphatic carbocycles. The molecule has 0 bridgehead atoms. The van der Waals surface area contributed by atoms with E-state index in [1.54, 1.807) is 0 Å². The number of hydrogen-bond acceptors (Lipinski definition) is 2. The van der Waals surface area contributed by atoms with E-state index in [1.807, 2.05) is 42.3 Å². The molecule has 0 spiro atoms. The van der Waals surface area contributed by atoms with Crippen molar-refractivity contribution in [3.05, 3.63) is 51.2 Å². The Morgan fingerprint density at radius 3 is 2.89 bits per heavy atom. The molecule has 2 aromatic rings. The van der Waals surface area contributed by atoms with Crippen LogP contribution in [0, 0.1) is 0 Å². The lowest BCUT2D eigenvalue weighted by atomic mass is 10.1. The van der Waals surface area contributed by atoms with Crippen LogP contribution in [0.1, 0.15) is 24.1 Å². The molecule has 1 heterocycles. The summed E-state index contributed by atoms with van der Waals surface area (Å²) >= 11 is 9.66. The number of aryl methyl sites for hydroxylation is 1. The van der Waals surface area contributed by atoms with E-state index < -0.39 is 0 Å². The van der Waals surface area contributed by atoms with Gasteiger partial charge in [0.25, 0.3) is 0 Å². The van der Waals surface area contributed by atoms with Crippen LogP contribution < -0.4 is 5.32 Å².